The van der Waals surface area contributed by atoms with Crippen molar-refractivity contribution in [1.29, 1.82) is 0 Å². The molecule has 106 valence electrons. The van der Waals surface area contributed by atoms with E-state index < -0.39 is 0 Å². The van der Waals surface area contributed by atoms with Gasteiger partial charge < -0.3 is 10.1 Å². The highest BCUT2D eigenvalue weighted by Crippen LogP contribution is 2.20. The molecule has 1 fully saturated rings. The maximum atomic E-state index is 5.57. The number of rotatable bonds is 4. The smallest absolute Gasteiger partial charge is 0.0945 e. The SMILES string of the molecule is Cc1cc(Br)ccc1CN[C@H]1COC[C@H]1n1ccnn1. The summed E-state index contributed by atoms with van der Waals surface area (Å²) in [6.07, 6.45) is 3.59. The third-order valence-corrected chi connectivity index (χ3v) is 4.18. The Balaban J connectivity index is 1.65. The maximum Gasteiger partial charge on any atom is 0.0945 e. The molecule has 3 rings (SSSR count). The molecule has 0 radical (unpaired) electrons. The number of ether oxygens (including phenoxy) is 1. The summed E-state index contributed by atoms with van der Waals surface area (Å²) in [7, 11) is 0. The predicted molar refractivity (Wildman–Crippen MR) is 79.4 cm³/mol. The van der Waals surface area contributed by atoms with Crippen LogP contribution in [0.1, 0.15) is 17.2 Å². The molecule has 1 saturated heterocycles. The first-order valence-corrected chi connectivity index (χ1v) is 7.45. The Bertz CT molecular complexity index is 573. The molecule has 5 nitrogen and oxygen atoms in total. The van der Waals surface area contributed by atoms with Gasteiger partial charge >= 0.3 is 0 Å². The fraction of sp³-hybridized carbons (Fsp3) is 0.429. The van der Waals surface area contributed by atoms with Crippen molar-refractivity contribution >= 4 is 15.9 Å². The fourth-order valence-electron chi connectivity index (χ4n) is 2.49. The largest absolute Gasteiger partial charge is 0.377 e. The molecule has 2 atom stereocenters. The van der Waals surface area contributed by atoms with E-state index in [2.05, 4.69) is 56.7 Å². The summed E-state index contributed by atoms with van der Waals surface area (Å²) in [5, 5.41) is 11.5. The van der Waals surface area contributed by atoms with Gasteiger partial charge in [-0.25, -0.2) is 4.68 Å². The molecule has 1 aromatic heterocycles. The standard InChI is InChI=1S/C14H17BrN4O/c1-10-6-12(15)3-2-11(10)7-16-13-8-20-9-14(13)19-5-4-17-18-19/h2-6,13-14,16H,7-9H2,1H3/t13-,14+/m0/s1. The number of nitrogens with zero attached hydrogens (tertiary/aromatic N) is 3. The van der Waals surface area contributed by atoms with E-state index in [4.69, 9.17) is 4.74 Å². The fourth-order valence-corrected chi connectivity index (χ4v) is 2.97. The highest BCUT2D eigenvalue weighted by atomic mass is 79.9. The average Bonchev–Trinajstić information content (AvgIpc) is 3.08. The molecule has 6 heteroatoms. The quantitative estimate of drug-likeness (QED) is 0.928. The summed E-state index contributed by atoms with van der Waals surface area (Å²) in [4.78, 5) is 0. The third-order valence-electron chi connectivity index (χ3n) is 3.69. The van der Waals surface area contributed by atoms with Crippen molar-refractivity contribution in [2.45, 2.75) is 25.6 Å². The van der Waals surface area contributed by atoms with Gasteiger partial charge in [-0.15, -0.1) is 5.10 Å². The summed E-state index contributed by atoms with van der Waals surface area (Å²) in [5.41, 5.74) is 2.58. The molecule has 1 aromatic carbocycles. The number of benzene rings is 1. The molecular weight excluding hydrogens is 320 g/mol. The zero-order chi connectivity index (χ0) is 13.9. The zero-order valence-corrected chi connectivity index (χ0v) is 12.9. The van der Waals surface area contributed by atoms with E-state index in [0.29, 0.717) is 13.2 Å². The van der Waals surface area contributed by atoms with E-state index in [9.17, 15) is 0 Å². The lowest BCUT2D eigenvalue weighted by atomic mass is 10.1. The maximum absolute atomic E-state index is 5.57. The van der Waals surface area contributed by atoms with E-state index in [-0.39, 0.29) is 12.1 Å². The van der Waals surface area contributed by atoms with Crippen molar-refractivity contribution in [2.24, 2.45) is 0 Å². The molecule has 2 heterocycles. The average molecular weight is 337 g/mol. The molecule has 0 amide bonds. The van der Waals surface area contributed by atoms with Crippen LogP contribution in [0.5, 0.6) is 0 Å². The van der Waals surface area contributed by atoms with E-state index in [1.54, 1.807) is 6.20 Å². The monoisotopic (exact) mass is 336 g/mol. The lowest BCUT2D eigenvalue weighted by Gasteiger charge is -2.19. The van der Waals surface area contributed by atoms with Crippen LogP contribution in [0.2, 0.25) is 0 Å². The Morgan fingerprint density at radius 2 is 2.35 bits per heavy atom. The van der Waals surface area contributed by atoms with Gasteiger partial charge in [-0.3, -0.25) is 0 Å². The van der Waals surface area contributed by atoms with E-state index in [0.717, 1.165) is 11.0 Å². The Morgan fingerprint density at radius 1 is 1.45 bits per heavy atom. The minimum absolute atomic E-state index is 0.216. The van der Waals surface area contributed by atoms with Crippen LogP contribution in [0.15, 0.2) is 35.1 Å². The van der Waals surface area contributed by atoms with Gasteiger partial charge in [-0.2, -0.15) is 0 Å². The predicted octanol–water partition coefficient (Wildman–Crippen LogP) is 2.08. The summed E-state index contributed by atoms with van der Waals surface area (Å²) < 4.78 is 8.56. The van der Waals surface area contributed by atoms with Gasteiger partial charge in [0.2, 0.25) is 0 Å². The summed E-state index contributed by atoms with van der Waals surface area (Å²) in [6, 6.07) is 6.83. The Hall–Kier alpha value is -1.24. The van der Waals surface area contributed by atoms with Crippen LogP contribution in [-0.2, 0) is 11.3 Å². The van der Waals surface area contributed by atoms with Gasteiger partial charge in [0.25, 0.3) is 0 Å². The number of hydrogen-bond acceptors (Lipinski definition) is 4. The lowest BCUT2D eigenvalue weighted by molar-refractivity contribution is 0.181. The van der Waals surface area contributed by atoms with Gasteiger partial charge in [0.1, 0.15) is 0 Å². The molecule has 1 aliphatic rings. The molecule has 1 N–H and O–H groups in total. The van der Waals surface area contributed by atoms with Gasteiger partial charge in [0, 0.05) is 17.2 Å². The Kier molecular flexibility index (Phi) is 4.14. The van der Waals surface area contributed by atoms with Crippen LogP contribution in [0.3, 0.4) is 0 Å². The molecule has 20 heavy (non-hydrogen) atoms. The van der Waals surface area contributed by atoms with E-state index in [1.165, 1.54) is 11.1 Å². The first-order valence-electron chi connectivity index (χ1n) is 6.66. The van der Waals surface area contributed by atoms with Crippen molar-refractivity contribution < 1.29 is 4.74 Å². The normalized spacial score (nSPS) is 22.3. The van der Waals surface area contributed by atoms with Gasteiger partial charge in [0.15, 0.2) is 0 Å². The highest BCUT2D eigenvalue weighted by Gasteiger charge is 2.29. The van der Waals surface area contributed by atoms with Gasteiger partial charge in [-0.05, 0) is 30.2 Å². The van der Waals surface area contributed by atoms with E-state index in [1.807, 2.05) is 10.9 Å². The summed E-state index contributed by atoms with van der Waals surface area (Å²) >= 11 is 3.49. The molecule has 2 aromatic rings. The number of aryl methyl sites for hydroxylation is 1. The molecule has 0 unspecified atom stereocenters. The third kappa shape index (κ3) is 2.92. The first kappa shape index (κ1) is 13.7. The Labute approximate surface area is 126 Å². The second-order valence-corrected chi connectivity index (χ2v) is 5.96. The van der Waals surface area contributed by atoms with Crippen LogP contribution in [0.25, 0.3) is 0 Å². The number of nitrogens with one attached hydrogen (secondary N) is 1. The van der Waals surface area contributed by atoms with Crippen molar-refractivity contribution in [3.63, 3.8) is 0 Å². The molecular formula is C14H17BrN4O. The second-order valence-electron chi connectivity index (χ2n) is 5.05. The van der Waals surface area contributed by atoms with Gasteiger partial charge in [0.05, 0.1) is 31.5 Å². The van der Waals surface area contributed by atoms with Crippen molar-refractivity contribution in [2.75, 3.05) is 13.2 Å². The molecule has 0 saturated carbocycles. The van der Waals surface area contributed by atoms with Crippen LogP contribution in [0, 0.1) is 6.92 Å². The molecule has 1 aliphatic heterocycles. The Morgan fingerprint density at radius 3 is 3.10 bits per heavy atom. The lowest BCUT2D eigenvalue weighted by Crippen LogP contribution is -2.36. The molecule has 0 aliphatic carbocycles. The van der Waals surface area contributed by atoms with Crippen LogP contribution >= 0.6 is 15.9 Å². The number of hydrogen-bond donors (Lipinski definition) is 1. The molecule has 0 bridgehead atoms. The van der Waals surface area contributed by atoms with Crippen molar-refractivity contribution in [3.05, 3.63) is 46.2 Å². The number of aromatic nitrogens is 3. The van der Waals surface area contributed by atoms with Crippen molar-refractivity contribution in [1.82, 2.24) is 20.3 Å². The summed E-state index contributed by atoms with van der Waals surface area (Å²) in [5.74, 6) is 0. The number of halogens is 1. The topological polar surface area (TPSA) is 52.0 Å². The summed E-state index contributed by atoms with van der Waals surface area (Å²) in [6.45, 7) is 4.35. The van der Waals surface area contributed by atoms with Crippen LogP contribution in [0.4, 0.5) is 0 Å². The van der Waals surface area contributed by atoms with E-state index >= 15 is 0 Å². The zero-order valence-electron chi connectivity index (χ0n) is 11.3. The van der Waals surface area contributed by atoms with Crippen molar-refractivity contribution in [3.8, 4) is 0 Å². The van der Waals surface area contributed by atoms with Crippen LogP contribution in [-0.4, -0.2) is 34.2 Å². The minimum atomic E-state index is 0.216. The minimum Gasteiger partial charge on any atom is -0.377 e. The molecule has 0 spiro atoms. The van der Waals surface area contributed by atoms with Crippen LogP contribution < -0.4 is 5.32 Å². The highest BCUT2D eigenvalue weighted by molar-refractivity contribution is 9.10. The first-order chi connectivity index (χ1) is 9.74. The second kappa shape index (κ2) is 6.03. The van der Waals surface area contributed by atoms with Gasteiger partial charge in [-0.1, -0.05) is 27.2 Å².